The van der Waals surface area contributed by atoms with E-state index in [1.165, 1.54) is 19.3 Å². The number of piperidine rings is 1. The standard InChI is InChI=1S/C13H15N3O/c1-3-7-11(8-4-1)12-14-13(15-17-12)16-9-5-2-6-10-16/h1,3-4,7-8H,2,5-6,9-10H2. The van der Waals surface area contributed by atoms with E-state index in [-0.39, 0.29) is 0 Å². The van der Waals surface area contributed by atoms with Crippen LogP contribution in [0.2, 0.25) is 0 Å². The van der Waals surface area contributed by atoms with Gasteiger partial charge in [0.05, 0.1) is 0 Å². The number of nitrogens with zero attached hydrogens (tertiary/aromatic N) is 3. The topological polar surface area (TPSA) is 42.2 Å². The lowest BCUT2D eigenvalue weighted by atomic mass is 10.1. The Morgan fingerprint density at radius 2 is 1.76 bits per heavy atom. The maximum atomic E-state index is 5.30. The minimum atomic E-state index is 0.603. The van der Waals surface area contributed by atoms with Gasteiger partial charge in [-0.2, -0.15) is 4.98 Å². The number of hydrogen-bond donors (Lipinski definition) is 0. The second kappa shape index (κ2) is 4.57. The first kappa shape index (κ1) is 10.3. The fourth-order valence-electron chi connectivity index (χ4n) is 2.14. The van der Waals surface area contributed by atoms with Crippen molar-refractivity contribution >= 4 is 5.95 Å². The van der Waals surface area contributed by atoms with Crippen molar-refractivity contribution in [2.24, 2.45) is 0 Å². The van der Waals surface area contributed by atoms with Crippen LogP contribution in [0.5, 0.6) is 0 Å². The third-order valence-corrected chi connectivity index (χ3v) is 3.07. The lowest BCUT2D eigenvalue weighted by Crippen LogP contribution is -2.30. The highest BCUT2D eigenvalue weighted by molar-refractivity contribution is 5.54. The van der Waals surface area contributed by atoms with E-state index in [2.05, 4.69) is 15.0 Å². The number of benzene rings is 1. The van der Waals surface area contributed by atoms with E-state index in [1.807, 2.05) is 30.3 Å². The van der Waals surface area contributed by atoms with Crippen molar-refractivity contribution in [1.82, 2.24) is 10.1 Å². The molecule has 0 saturated carbocycles. The highest BCUT2D eigenvalue weighted by Gasteiger charge is 2.17. The molecule has 17 heavy (non-hydrogen) atoms. The number of anilines is 1. The van der Waals surface area contributed by atoms with Crippen molar-refractivity contribution in [2.45, 2.75) is 19.3 Å². The molecule has 88 valence electrons. The summed E-state index contributed by atoms with van der Waals surface area (Å²) in [6.45, 7) is 2.07. The molecule has 4 nitrogen and oxygen atoms in total. The van der Waals surface area contributed by atoms with Crippen LogP contribution in [0.3, 0.4) is 0 Å². The first-order chi connectivity index (χ1) is 8.43. The van der Waals surface area contributed by atoms with Crippen molar-refractivity contribution in [3.8, 4) is 11.5 Å². The van der Waals surface area contributed by atoms with Gasteiger partial charge in [0.15, 0.2) is 0 Å². The maximum absolute atomic E-state index is 5.30. The molecule has 1 aliphatic heterocycles. The Kier molecular flexibility index (Phi) is 2.78. The van der Waals surface area contributed by atoms with Crippen molar-refractivity contribution < 1.29 is 4.52 Å². The normalized spacial score (nSPS) is 16.1. The van der Waals surface area contributed by atoms with Crippen LogP contribution in [-0.2, 0) is 0 Å². The summed E-state index contributed by atoms with van der Waals surface area (Å²) in [7, 11) is 0. The molecule has 0 unspecified atom stereocenters. The zero-order valence-electron chi connectivity index (χ0n) is 9.67. The van der Waals surface area contributed by atoms with Crippen LogP contribution in [-0.4, -0.2) is 23.2 Å². The van der Waals surface area contributed by atoms with Gasteiger partial charge in [-0.15, -0.1) is 0 Å². The molecular formula is C13H15N3O. The molecule has 0 bridgehead atoms. The van der Waals surface area contributed by atoms with Gasteiger partial charge in [0.2, 0.25) is 0 Å². The van der Waals surface area contributed by atoms with Crippen LogP contribution in [0.1, 0.15) is 19.3 Å². The summed E-state index contributed by atoms with van der Waals surface area (Å²) in [4.78, 5) is 6.65. The van der Waals surface area contributed by atoms with E-state index in [0.29, 0.717) is 5.89 Å². The summed E-state index contributed by atoms with van der Waals surface area (Å²) in [5.74, 6) is 1.33. The Bertz CT molecular complexity index is 474. The van der Waals surface area contributed by atoms with E-state index in [9.17, 15) is 0 Å². The van der Waals surface area contributed by atoms with Gasteiger partial charge in [0.1, 0.15) is 0 Å². The van der Waals surface area contributed by atoms with E-state index >= 15 is 0 Å². The van der Waals surface area contributed by atoms with Crippen LogP contribution < -0.4 is 4.90 Å². The SMILES string of the molecule is c1ccc(-c2nc(N3CCCCC3)no2)cc1. The molecule has 2 heterocycles. The Morgan fingerprint density at radius 3 is 2.53 bits per heavy atom. The van der Waals surface area contributed by atoms with E-state index < -0.39 is 0 Å². The predicted octanol–water partition coefficient (Wildman–Crippen LogP) is 2.73. The molecule has 1 aromatic heterocycles. The highest BCUT2D eigenvalue weighted by Crippen LogP contribution is 2.21. The van der Waals surface area contributed by atoms with Gasteiger partial charge in [-0.3, -0.25) is 0 Å². The Labute approximate surface area is 100 Å². The summed E-state index contributed by atoms with van der Waals surface area (Å²) < 4.78 is 5.30. The van der Waals surface area contributed by atoms with Gasteiger partial charge in [0, 0.05) is 18.7 Å². The first-order valence-corrected chi connectivity index (χ1v) is 6.07. The zero-order chi connectivity index (χ0) is 11.5. The monoisotopic (exact) mass is 229 g/mol. The van der Waals surface area contributed by atoms with Crippen LogP contribution in [0.25, 0.3) is 11.5 Å². The molecule has 0 atom stereocenters. The molecule has 1 aliphatic rings. The molecule has 3 rings (SSSR count). The van der Waals surface area contributed by atoms with Crippen molar-refractivity contribution in [1.29, 1.82) is 0 Å². The Morgan fingerprint density at radius 1 is 1.00 bits per heavy atom. The molecule has 1 fully saturated rings. The number of aromatic nitrogens is 2. The highest BCUT2D eigenvalue weighted by atomic mass is 16.5. The largest absolute Gasteiger partial charge is 0.338 e. The smallest absolute Gasteiger partial charge is 0.266 e. The molecular weight excluding hydrogens is 214 g/mol. The third kappa shape index (κ3) is 2.16. The Hall–Kier alpha value is -1.84. The van der Waals surface area contributed by atoms with Gasteiger partial charge in [-0.25, -0.2) is 0 Å². The average Bonchev–Trinajstić information content (AvgIpc) is 2.90. The number of hydrogen-bond acceptors (Lipinski definition) is 4. The van der Waals surface area contributed by atoms with Crippen molar-refractivity contribution in [3.63, 3.8) is 0 Å². The summed E-state index contributed by atoms with van der Waals surface area (Å²) in [5.41, 5.74) is 0.975. The second-order valence-electron chi connectivity index (χ2n) is 4.31. The summed E-state index contributed by atoms with van der Waals surface area (Å²) in [5, 5.41) is 4.06. The van der Waals surface area contributed by atoms with Crippen LogP contribution in [0, 0.1) is 0 Å². The molecule has 0 spiro atoms. The van der Waals surface area contributed by atoms with E-state index in [4.69, 9.17) is 4.52 Å². The molecule has 0 amide bonds. The van der Waals surface area contributed by atoms with Gasteiger partial charge < -0.3 is 9.42 Å². The fraction of sp³-hybridized carbons (Fsp3) is 0.385. The minimum Gasteiger partial charge on any atom is -0.338 e. The van der Waals surface area contributed by atoms with Crippen LogP contribution in [0.4, 0.5) is 5.95 Å². The lowest BCUT2D eigenvalue weighted by Gasteiger charge is -2.24. The van der Waals surface area contributed by atoms with Crippen molar-refractivity contribution in [2.75, 3.05) is 18.0 Å². The van der Waals surface area contributed by atoms with E-state index in [1.54, 1.807) is 0 Å². The third-order valence-electron chi connectivity index (χ3n) is 3.07. The maximum Gasteiger partial charge on any atom is 0.266 e. The van der Waals surface area contributed by atoms with Crippen molar-refractivity contribution in [3.05, 3.63) is 30.3 Å². The van der Waals surface area contributed by atoms with E-state index in [0.717, 1.165) is 24.6 Å². The van der Waals surface area contributed by atoms with Crippen LogP contribution in [0.15, 0.2) is 34.9 Å². The molecule has 0 N–H and O–H groups in total. The lowest BCUT2D eigenvalue weighted by molar-refractivity contribution is 0.426. The molecule has 1 saturated heterocycles. The molecule has 0 radical (unpaired) electrons. The van der Waals surface area contributed by atoms with Crippen LogP contribution >= 0.6 is 0 Å². The molecule has 0 aliphatic carbocycles. The van der Waals surface area contributed by atoms with Gasteiger partial charge in [-0.1, -0.05) is 18.2 Å². The molecule has 4 heteroatoms. The molecule has 1 aromatic carbocycles. The number of rotatable bonds is 2. The summed E-state index contributed by atoms with van der Waals surface area (Å²) >= 11 is 0. The fourth-order valence-corrected chi connectivity index (χ4v) is 2.14. The van der Waals surface area contributed by atoms with Gasteiger partial charge in [0.25, 0.3) is 11.8 Å². The minimum absolute atomic E-state index is 0.603. The zero-order valence-corrected chi connectivity index (χ0v) is 9.67. The summed E-state index contributed by atoms with van der Waals surface area (Å²) in [6.07, 6.45) is 3.74. The Balaban J connectivity index is 1.83. The quantitative estimate of drug-likeness (QED) is 0.794. The molecule has 2 aromatic rings. The predicted molar refractivity (Wildman–Crippen MR) is 65.8 cm³/mol. The van der Waals surface area contributed by atoms with Gasteiger partial charge >= 0.3 is 0 Å². The second-order valence-corrected chi connectivity index (χ2v) is 4.31. The summed E-state index contributed by atoms with van der Waals surface area (Å²) in [6, 6.07) is 9.88. The first-order valence-electron chi connectivity index (χ1n) is 6.07. The van der Waals surface area contributed by atoms with Gasteiger partial charge in [-0.05, 0) is 36.6 Å². The average molecular weight is 229 g/mol.